The molecule has 0 unspecified atom stereocenters. The molecular weight excluding hydrogens is 542 g/mol. The van der Waals surface area contributed by atoms with Crippen molar-refractivity contribution in [3.05, 3.63) is 72.8 Å². The summed E-state index contributed by atoms with van der Waals surface area (Å²) in [6, 6.07) is 11.7. The van der Waals surface area contributed by atoms with Gasteiger partial charge in [-0.3, -0.25) is 13.7 Å². The maximum Gasteiger partial charge on any atom is 0.294 e. The molecule has 171 valence electrons. The average molecular weight is 558 g/mol. The van der Waals surface area contributed by atoms with Crippen molar-refractivity contribution in [2.45, 2.75) is 14.7 Å². The van der Waals surface area contributed by atoms with Crippen LogP contribution in [0.3, 0.4) is 0 Å². The zero-order valence-electron chi connectivity index (χ0n) is 16.8. The summed E-state index contributed by atoms with van der Waals surface area (Å²) in [7, 11) is -13.8. The molecule has 3 rings (SSSR count). The Balaban J connectivity index is 0.00000385. The van der Waals surface area contributed by atoms with Gasteiger partial charge >= 0.3 is 0 Å². The quantitative estimate of drug-likeness (QED) is 0.224. The SMILES string of the molecule is O=S(=O)(O)c1cccc(P(=S)(c2cccc(S(=O)(=O)O)c2)c2cccc(S(=O)(=O)O)c2)c1.[Na]. The topological polar surface area (TPSA) is 163 Å². The summed E-state index contributed by atoms with van der Waals surface area (Å²) < 4.78 is 98.3. The van der Waals surface area contributed by atoms with Crippen molar-refractivity contribution in [3.63, 3.8) is 0 Å². The molecule has 0 saturated heterocycles. The van der Waals surface area contributed by atoms with Crippen molar-refractivity contribution in [2.24, 2.45) is 0 Å². The number of rotatable bonds is 6. The molecule has 0 spiro atoms. The molecular formula is C18H15NaO9PS4. The first-order valence-corrected chi connectivity index (χ1v) is 15.6. The van der Waals surface area contributed by atoms with Crippen LogP contribution in [0.4, 0.5) is 0 Å². The minimum absolute atomic E-state index is 0. The minimum atomic E-state index is -4.61. The molecule has 15 heteroatoms. The Hall–Kier alpha value is -0.960. The fourth-order valence-electron chi connectivity index (χ4n) is 2.97. The van der Waals surface area contributed by atoms with Crippen LogP contribution in [-0.2, 0) is 42.2 Å². The third-order valence-corrected chi connectivity index (χ3v) is 11.9. The van der Waals surface area contributed by atoms with Crippen molar-refractivity contribution in [2.75, 3.05) is 0 Å². The second-order valence-electron chi connectivity index (χ2n) is 6.53. The first-order valence-electron chi connectivity index (χ1n) is 8.48. The molecule has 3 aromatic rings. The van der Waals surface area contributed by atoms with E-state index in [9.17, 15) is 38.9 Å². The molecule has 0 aliphatic carbocycles. The van der Waals surface area contributed by atoms with E-state index in [1.165, 1.54) is 36.4 Å². The van der Waals surface area contributed by atoms with Crippen LogP contribution in [-0.4, -0.2) is 68.5 Å². The van der Waals surface area contributed by atoms with Crippen LogP contribution in [0.25, 0.3) is 0 Å². The van der Waals surface area contributed by atoms with Gasteiger partial charge in [0.05, 0.1) is 14.7 Å². The molecule has 0 aromatic heterocycles. The monoisotopic (exact) mass is 557 g/mol. The summed E-state index contributed by atoms with van der Waals surface area (Å²) in [5.41, 5.74) is 0. The van der Waals surface area contributed by atoms with E-state index < -0.39 is 51.1 Å². The summed E-state index contributed by atoms with van der Waals surface area (Å²) in [6.45, 7) is 0. The molecule has 0 aliphatic heterocycles. The smallest absolute Gasteiger partial charge is 0.282 e. The van der Waals surface area contributed by atoms with Gasteiger partial charge < -0.3 is 0 Å². The van der Waals surface area contributed by atoms with E-state index in [1.54, 1.807) is 0 Å². The van der Waals surface area contributed by atoms with E-state index in [0.29, 0.717) is 0 Å². The van der Waals surface area contributed by atoms with Gasteiger partial charge in [0, 0.05) is 35.6 Å². The van der Waals surface area contributed by atoms with Crippen molar-refractivity contribution < 1.29 is 38.9 Å². The maximum absolute atomic E-state index is 11.7. The van der Waals surface area contributed by atoms with Crippen LogP contribution in [0.1, 0.15) is 0 Å². The molecule has 0 atom stereocenters. The summed E-state index contributed by atoms with van der Waals surface area (Å²) in [5.74, 6) is 0. The molecule has 3 N–H and O–H groups in total. The van der Waals surface area contributed by atoms with Crippen molar-refractivity contribution >= 4 is 93.7 Å². The van der Waals surface area contributed by atoms with E-state index >= 15 is 0 Å². The maximum atomic E-state index is 11.7. The average Bonchev–Trinajstić information content (AvgIpc) is 2.71. The normalized spacial score (nSPS) is 12.7. The Kier molecular flexibility index (Phi) is 8.53. The Bertz CT molecular complexity index is 1400. The summed E-state index contributed by atoms with van der Waals surface area (Å²) in [6.07, 6.45) is 0. The van der Waals surface area contributed by atoms with E-state index in [0.717, 1.165) is 36.4 Å². The molecule has 0 amide bonds. The molecule has 0 saturated carbocycles. The summed E-state index contributed by atoms with van der Waals surface area (Å²) in [4.78, 5) is -1.41. The van der Waals surface area contributed by atoms with E-state index in [1.807, 2.05) is 0 Å². The first kappa shape index (κ1) is 28.3. The molecule has 1 radical (unpaired) electrons. The van der Waals surface area contributed by atoms with Crippen LogP contribution < -0.4 is 15.9 Å². The molecule has 9 nitrogen and oxygen atoms in total. The predicted octanol–water partition coefficient (Wildman–Crippen LogP) is 0.802. The van der Waals surface area contributed by atoms with Crippen molar-refractivity contribution in [1.29, 1.82) is 0 Å². The molecule has 0 heterocycles. The van der Waals surface area contributed by atoms with Crippen LogP contribution >= 0.6 is 6.04 Å². The fraction of sp³-hybridized carbons (Fsp3) is 0. The zero-order valence-corrected chi connectivity index (χ0v) is 23.0. The van der Waals surface area contributed by atoms with Gasteiger partial charge in [-0.25, -0.2) is 0 Å². The van der Waals surface area contributed by atoms with Gasteiger partial charge in [0.1, 0.15) is 0 Å². The second-order valence-corrected chi connectivity index (χ2v) is 15.2. The van der Waals surface area contributed by atoms with Crippen LogP contribution in [0.2, 0.25) is 0 Å². The third-order valence-electron chi connectivity index (χ3n) is 4.44. The Morgan fingerprint density at radius 1 is 0.545 bits per heavy atom. The van der Waals surface area contributed by atoms with E-state index in [2.05, 4.69) is 0 Å². The number of hydrogen-bond donors (Lipinski definition) is 3. The largest absolute Gasteiger partial charge is 0.294 e. The Morgan fingerprint density at radius 3 is 1.00 bits per heavy atom. The van der Waals surface area contributed by atoms with Crippen molar-refractivity contribution in [3.8, 4) is 0 Å². The standard InChI is InChI=1S/C18H15O9PS4.Na/c19-30(20,21)16-7-1-4-13(10-16)28(29,14-5-2-8-17(11-14)31(22,23)24)15-6-3-9-18(12-15)32(25,26)27;/h1-12H,(H,19,20,21)(H,22,23,24)(H,25,26,27);. The van der Waals surface area contributed by atoms with Crippen molar-refractivity contribution in [1.82, 2.24) is 0 Å². The minimum Gasteiger partial charge on any atom is -0.282 e. The van der Waals surface area contributed by atoms with Gasteiger partial charge in [0.2, 0.25) is 0 Å². The van der Waals surface area contributed by atoms with Gasteiger partial charge in [0.25, 0.3) is 30.4 Å². The van der Waals surface area contributed by atoms with Crippen LogP contribution in [0, 0.1) is 0 Å². The van der Waals surface area contributed by atoms with Gasteiger partial charge in [-0.2, -0.15) is 25.3 Å². The van der Waals surface area contributed by atoms with Gasteiger partial charge in [-0.1, -0.05) is 48.2 Å². The first-order chi connectivity index (χ1) is 14.6. The van der Waals surface area contributed by atoms with Gasteiger partial charge in [-0.15, -0.1) is 0 Å². The second kappa shape index (κ2) is 9.96. The summed E-state index contributed by atoms with van der Waals surface area (Å²) in [5, 5.41) is 0.549. The van der Waals surface area contributed by atoms with Gasteiger partial charge in [-0.05, 0) is 52.3 Å². The zero-order chi connectivity index (χ0) is 23.9. The molecule has 33 heavy (non-hydrogen) atoms. The molecule has 0 fully saturated rings. The fourth-order valence-corrected chi connectivity index (χ4v) is 8.58. The van der Waals surface area contributed by atoms with Crippen LogP contribution in [0.15, 0.2) is 87.5 Å². The Labute approximate surface area is 218 Å². The summed E-state index contributed by atoms with van der Waals surface area (Å²) >= 11 is 5.93. The third kappa shape index (κ3) is 6.19. The molecule has 3 aromatic carbocycles. The Morgan fingerprint density at radius 2 is 0.788 bits per heavy atom. The molecule has 0 bridgehead atoms. The van der Waals surface area contributed by atoms with Crippen LogP contribution in [0.5, 0.6) is 0 Å². The number of benzene rings is 3. The van der Waals surface area contributed by atoms with E-state index in [-0.39, 0.29) is 45.5 Å². The predicted molar refractivity (Wildman–Crippen MR) is 128 cm³/mol. The molecule has 0 aliphatic rings. The van der Waals surface area contributed by atoms with Gasteiger partial charge in [0.15, 0.2) is 0 Å². The van der Waals surface area contributed by atoms with E-state index in [4.69, 9.17) is 11.8 Å². The number of hydrogen-bond acceptors (Lipinski definition) is 7.